The molecule has 9 nitrogen and oxygen atoms in total. The van der Waals surface area contributed by atoms with Crippen molar-refractivity contribution in [3.8, 4) is 17.2 Å². The van der Waals surface area contributed by atoms with E-state index >= 15 is 0 Å². The summed E-state index contributed by atoms with van der Waals surface area (Å²) in [6, 6.07) is 23.8. The van der Waals surface area contributed by atoms with Gasteiger partial charge in [0, 0.05) is 5.56 Å². The highest BCUT2D eigenvalue weighted by Gasteiger charge is 2.17. The molecule has 0 saturated carbocycles. The maximum absolute atomic E-state index is 13.1. The molecule has 1 aliphatic heterocycles. The lowest BCUT2D eigenvalue weighted by Gasteiger charge is -2.09. The third-order valence-electron chi connectivity index (χ3n) is 5.41. The van der Waals surface area contributed by atoms with Crippen LogP contribution in [0.1, 0.15) is 31.2 Å². The Hall–Kier alpha value is -5.22. The average Bonchev–Trinajstić information content (AvgIpc) is 3.66. The van der Waals surface area contributed by atoms with Crippen molar-refractivity contribution in [1.82, 2.24) is 10.7 Å². The first-order chi connectivity index (χ1) is 19.0. The Balaban J connectivity index is 1.30. The van der Waals surface area contributed by atoms with Crippen molar-refractivity contribution in [1.29, 1.82) is 0 Å². The van der Waals surface area contributed by atoms with Crippen molar-refractivity contribution in [2.75, 3.05) is 6.79 Å². The van der Waals surface area contributed by atoms with Crippen LogP contribution in [0.3, 0.4) is 0 Å². The molecule has 0 aliphatic carbocycles. The maximum atomic E-state index is 13.1. The highest BCUT2D eigenvalue weighted by molar-refractivity contribution is 7.12. The third kappa shape index (κ3) is 6.56. The number of benzene rings is 3. The molecule has 0 fully saturated rings. The fourth-order valence-electron chi connectivity index (χ4n) is 3.55. The van der Waals surface area contributed by atoms with Gasteiger partial charge in [-0.15, -0.1) is 11.3 Å². The predicted molar refractivity (Wildman–Crippen MR) is 146 cm³/mol. The Morgan fingerprint density at radius 3 is 2.54 bits per heavy atom. The number of carbonyl (C=O) groups excluding carboxylic acids is 3. The Bertz CT molecular complexity index is 1570. The van der Waals surface area contributed by atoms with Crippen LogP contribution in [0, 0.1) is 0 Å². The van der Waals surface area contributed by atoms with Gasteiger partial charge >= 0.3 is 5.97 Å². The zero-order valence-electron chi connectivity index (χ0n) is 20.3. The van der Waals surface area contributed by atoms with Crippen molar-refractivity contribution in [3.63, 3.8) is 0 Å². The number of fused-ring (bicyclic) bond motifs is 1. The van der Waals surface area contributed by atoms with Crippen LogP contribution in [-0.2, 0) is 4.79 Å². The van der Waals surface area contributed by atoms with Crippen LogP contribution < -0.4 is 25.0 Å². The number of hydrazone groups is 1. The number of nitrogens with zero attached hydrogens (tertiary/aromatic N) is 1. The Morgan fingerprint density at radius 2 is 1.72 bits per heavy atom. The fourth-order valence-corrected chi connectivity index (χ4v) is 4.15. The number of carbonyl (C=O) groups is 3. The standard InChI is InChI=1S/C29H21N3O6S/c33-27(21-7-2-1-3-8-21)31-23(15-19-11-12-24-25(16-19)37-18-36-24)28(34)32-30-17-20-6-4-9-22(14-20)38-29(35)26-10-5-13-39-26/h1-17H,18H2,(H,31,33)(H,32,34)/b23-15+,30-17-. The van der Waals surface area contributed by atoms with Crippen molar-refractivity contribution in [2.24, 2.45) is 5.10 Å². The van der Waals surface area contributed by atoms with Gasteiger partial charge in [-0.2, -0.15) is 5.10 Å². The molecule has 0 spiro atoms. The average molecular weight is 540 g/mol. The predicted octanol–water partition coefficient (Wildman–Crippen LogP) is 4.62. The quantitative estimate of drug-likeness (QED) is 0.111. The van der Waals surface area contributed by atoms with E-state index in [1.165, 1.54) is 23.6 Å². The highest BCUT2D eigenvalue weighted by Crippen LogP contribution is 2.33. The molecule has 0 unspecified atom stereocenters. The molecule has 2 N–H and O–H groups in total. The molecule has 0 atom stereocenters. The molecule has 3 aromatic carbocycles. The minimum atomic E-state index is -0.645. The normalized spacial score (nSPS) is 12.3. The molecule has 4 aromatic rings. The van der Waals surface area contributed by atoms with E-state index in [1.54, 1.807) is 90.3 Å². The van der Waals surface area contributed by atoms with Gasteiger partial charge in [0.15, 0.2) is 11.5 Å². The SMILES string of the molecule is O=C(N/N=C\c1cccc(OC(=O)c2cccs2)c1)/C(=C\c1ccc2c(c1)OCO2)NC(=O)c1ccccc1. The van der Waals surface area contributed by atoms with Gasteiger partial charge < -0.3 is 19.5 Å². The number of amides is 2. The molecule has 2 amide bonds. The first kappa shape index (κ1) is 25.4. The summed E-state index contributed by atoms with van der Waals surface area (Å²) in [5, 5.41) is 8.45. The molecular weight excluding hydrogens is 518 g/mol. The van der Waals surface area contributed by atoms with Gasteiger partial charge in [-0.3, -0.25) is 9.59 Å². The van der Waals surface area contributed by atoms with Crippen LogP contribution in [-0.4, -0.2) is 30.8 Å². The monoisotopic (exact) mass is 539 g/mol. The van der Waals surface area contributed by atoms with E-state index in [4.69, 9.17) is 14.2 Å². The molecule has 1 aromatic heterocycles. The van der Waals surface area contributed by atoms with Crippen LogP contribution in [0.4, 0.5) is 0 Å². The van der Waals surface area contributed by atoms with Gasteiger partial charge in [0.25, 0.3) is 11.8 Å². The van der Waals surface area contributed by atoms with Gasteiger partial charge in [0.2, 0.25) is 6.79 Å². The Morgan fingerprint density at radius 1 is 0.872 bits per heavy atom. The number of thiophene rings is 1. The van der Waals surface area contributed by atoms with E-state index in [-0.39, 0.29) is 12.5 Å². The highest BCUT2D eigenvalue weighted by atomic mass is 32.1. The summed E-state index contributed by atoms with van der Waals surface area (Å²) in [6.45, 7) is 0.115. The molecule has 194 valence electrons. The minimum Gasteiger partial charge on any atom is -0.454 e. The van der Waals surface area contributed by atoms with Crippen LogP contribution in [0.25, 0.3) is 6.08 Å². The fraction of sp³-hybridized carbons (Fsp3) is 0.0345. The van der Waals surface area contributed by atoms with E-state index in [0.717, 1.165) is 0 Å². The van der Waals surface area contributed by atoms with Crippen molar-refractivity contribution < 1.29 is 28.6 Å². The summed E-state index contributed by atoms with van der Waals surface area (Å²) in [5.74, 6) is -0.0903. The molecule has 0 radical (unpaired) electrons. The Labute approximate surface area is 227 Å². The van der Waals surface area contributed by atoms with Gasteiger partial charge in [-0.05, 0) is 65.0 Å². The summed E-state index contributed by atoms with van der Waals surface area (Å²) in [7, 11) is 0. The summed E-state index contributed by atoms with van der Waals surface area (Å²) in [4.78, 5) is 38.5. The Kier molecular flexibility index (Phi) is 7.75. The second-order valence-corrected chi connectivity index (χ2v) is 9.08. The summed E-state index contributed by atoms with van der Waals surface area (Å²) >= 11 is 1.29. The van der Waals surface area contributed by atoms with Crippen molar-refractivity contribution in [3.05, 3.63) is 118 Å². The van der Waals surface area contributed by atoms with Crippen LogP contribution in [0.5, 0.6) is 17.2 Å². The van der Waals surface area contributed by atoms with Crippen LogP contribution in [0.15, 0.2) is 101 Å². The van der Waals surface area contributed by atoms with Gasteiger partial charge in [-0.1, -0.05) is 42.5 Å². The van der Waals surface area contributed by atoms with Crippen molar-refractivity contribution >= 4 is 41.4 Å². The largest absolute Gasteiger partial charge is 0.454 e. The molecular formula is C29H21N3O6S. The smallest absolute Gasteiger partial charge is 0.353 e. The number of hydrogen-bond donors (Lipinski definition) is 2. The van der Waals surface area contributed by atoms with Crippen LogP contribution >= 0.6 is 11.3 Å². The summed E-state index contributed by atoms with van der Waals surface area (Å²) in [5.41, 5.74) is 3.99. The van der Waals surface area contributed by atoms with E-state index in [9.17, 15) is 14.4 Å². The molecule has 0 bridgehead atoms. The number of nitrogens with one attached hydrogen (secondary N) is 2. The number of hydrogen-bond acceptors (Lipinski definition) is 8. The van der Waals surface area contributed by atoms with E-state index < -0.39 is 17.8 Å². The summed E-state index contributed by atoms with van der Waals surface area (Å²) in [6.07, 6.45) is 2.91. The second kappa shape index (κ2) is 11.9. The van der Waals surface area contributed by atoms with E-state index in [0.29, 0.717) is 38.8 Å². The first-order valence-corrected chi connectivity index (χ1v) is 12.6. The zero-order valence-corrected chi connectivity index (χ0v) is 21.1. The number of ether oxygens (including phenoxy) is 3. The molecule has 1 aliphatic rings. The first-order valence-electron chi connectivity index (χ1n) is 11.7. The molecule has 2 heterocycles. The third-order valence-corrected chi connectivity index (χ3v) is 6.26. The topological polar surface area (TPSA) is 115 Å². The molecule has 39 heavy (non-hydrogen) atoms. The lowest BCUT2D eigenvalue weighted by molar-refractivity contribution is -0.117. The second-order valence-electron chi connectivity index (χ2n) is 8.13. The van der Waals surface area contributed by atoms with Gasteiger partial charge in [-0.25, -0.2) is 10.2 Å². The number of esters is 1. The van der Waals surface area contributed by atoms with E-state index in [2.05, 4.69) is 15.8 Å². The zero-order chi connectivity index (χ0) is 27.0. The minimum absolute atomic E-state index is 0.0292. The van der Waals surface area contributed by atoms with Gasteiger partial charge in [0.1, 0.15) is 16.3 Å². The maximum Gasteiger partial charge on any atom is 0.353 e. The molecule has 0 saturated heterocycles. The number of rotatable bonds is 8. The van der Waals surface area contributed by atoms with Gasteiger partial charge in [0.05, 0.1) is 6.21 Å². The van der Waals surface area contributed by atoms with Crippen molar-refractivity contribution in [2.45, 2.75) is 0 Å². The lowest BCUT2D eigenvalue weighted by atomic mass is 10.1. The lowest BCUT2D eigenvalue weighted by Crippen LogP contribution is -2.32. The van der Waals surface area contributed by atoms with E-state index in [1.807, 2.05) is 0 Å². The molecule has 10 heteroatoms. The summed E-state index contributed by atoms with van der Waals surface area (Å²) < 4.78 is 16.1. The molecule has 5 rings (SSSR count). The van der Waals surface area contributed by atoms with Crippen LogP contribution in [0.2, 0.25) is 0 Å².